The molecule has 1 N–H and O–H groups in total. The second-order valence-corrected chi connectivity index (χ2v) is 6.58. The third-order valence-electron chi connectivity index (χ3n) is 4.30. The SMILES string of the molecule is Cc1cc(-c2nc3c(=O)cc[nH]c3nc2-c2ccccc2)cc(N(C)C)n1. The minimum absolute atomic E-state index is 0.157. The van der Waals surface area contributed by atoms with Crippen LogP contribution in [0.4, 0.5) is 5.82 Å². The number of nitrogens with one attached hydrogen (secondary N) is 1. The van der Waals surface area contributed by atoms with Gasteiger partial charge in [0.1, 0.15) is 5.82 Å². The van der Waals surface area contributed by atoms with Crippen molar-refractivity contribution in [3.05, 3.63) is 70.6 Å². The van der Waals surface area contributed by atoms with Crippen molar-refractivity contribution in [1.82, 2.24) is 19.9 Å². The summed E-state index contributed by atoms with van der Waals surface area (Å²) in [5.41, 5.74) is 4.72. The second kappa shape index (κ2) is 6.64. The van der Waals surface area contributed by atoms with Crippen molar-refractivity contribution < 1.29 is 0 Å². The van der Waals surface area contributed by atoms with Crippen LogP contribution in [0, 0.1) is 6.92 Å². The average Bonchev–Trinajstić information content (AvgIpc) is 2.67. The first-order valence-corrected chi connectivity index (χ1v) is 8.64. The topological polar surface area (TPSA) is 74.8 Å². The molecule has 0 amide bonds. The van der Waals surface area contributed by atoms with Crippen LogP contribution in [-0.4, -0.2) is 34.0 Å². The molecule has 1 aromatic carbocycles. The molecule has 0 fully saturated rings. The highest BCUT2D eigenvalue weighted by Crippen LogP contribution is 2.31. The van der Waals surface area contributed by atoms with E-state index in [-0.39, 0.29) is 5.43 Å². The molecule has 0 aliphatic heterocycles. The van der Waals surface area contributed by atoms with Gasteiger partial charge in [0.15, 0.2) is 11.2 Å². The first-order chi connectivity index (χ1) is 13.0. The molecule has 3 heterocycles. The monoisotopic (exact) mass is 357 g/mol. The molecule has 6 heteroatoms. The van der Waals surface area contributed by atoms with E-state index in [9.17, 15) is 4.79 Å². The summed E-state index contributed by atoms with van der Waals surface area (Å²) in [7, 11) is 3.89. The average molecular weight is 357 g/mol. The van der Waals surface area contributed by atoms with Gasteiger partial charge < -0.3 is 9.88 Å². The number of rotatable bonds is 3. The van der Waals surface area contributed by atoms with Crippen LogP contribution in [0.5, 0.6) is 0 Å². The molecule has 0 bridgehead atoms. The van der Waals surface area contributed by atoms with E-state index in [1.54, 1.807) is 6.20 Å². The maximum Gasteiger partial charge on any atom is 0.209 e. The molecule has 0 aliphatic carbocycles. The normalized spacial score (nSPS) is 10.9. The van der Waals surface area contributed by atoms with E-state index < -0.39 is 0 Å². The zero-order valence-corrected chi connectivity index (χ0v) is 15.4. The van der Waals surface area contributed by atoms with Gasteiger partial charge in [0.2, 0.25) is 5.43 Å². The molecule has 6 nitrogen and oxygen atoms in total. The van der Waals surface area contributed by atoms with E-state index in [2.05, 4.69) is 9.97 Å². The predicted molar refractivity (Wildman–Crippen MR) is 108 cm³/mol. The number of aryl methyl sites for hydroxylation is 1. The van der Waals surface area contributed by atoms with Gasteiger partial charge in [-0.25, -0.2) is 15.0 Å². The molecule has 0 unspecified atom stereocenters. The molecule has 0 spiro atoms. The maximum absolute atomic E-state index is 12.3. The number of pyridine rings is 2. The molecule has 3 aromatic heterocycles. The van der Waals surface area contributed by atoms with E-state index in [1.807, 2.05) is 68.4 Å². The summed E-state index contributed by atoms with van der Waals surface area (Å²) in [4.78, 5) is 31.3. The quantitative estimate of drug-likeness (QED) is 0.608. The van der Waals surface area contributed by atoms with Crippen LogP contribution in [-0.2, 0) is 0 Å². The zero-order chi connectivity index (χ0) is 19.0. The van der Waals surface area contributed by atoms with Crippen LogP contribution in [0.25, 0.3) is 33.7 Å². The lowest BCUT2D eigenvalue weighted by atomic mass is 10.0. The number of anilines is 1. The molecule has 0 atom stereocenters. The molecule has 0 radical (unpaired) electrons. The Balaban J connectivity index is 2.07. The fourth-order valence-corrected chi connectivity index (χ4v) is 3.00. The highest BCUT2D eigenvalue weighted by Gasteiger charge is 2.16. The molecular weight excluding hydrogens is 338 g/mol. The summed E-state index contributed by atoms with van der Waals surface area (Å²) in [6.45, 7) is 1.94. The van der Waals surface area contributed by atoms with Gasteiger partial charge in [0, 0.05) is 43.2 Å². The van der Waals surface area contributed by atoms with E-state index in [1.165, 1.54) is 6.07 Å². The lowest BCUT2D eigenvalue weighted by Gasteiger charge is -2.15. The Hall–Kier alpha value is -3.54. The highest BCUT2D eigenvalue weighted by atomic mass is 16.1. The minimum atomic E-state index is -0.157. The highest BCUT2D eigenvalue weighted by molar-refractivity contribution is 5.85. The van der Waals surface area contributed by atoms with E-state index in [4.69, 9.17) is 9.97 Å². The van der Waals surface area contributed by atoms with Crippen LogP contribution < -0.4 is 10.3 Å². The van der Waals surface area contributed by atoms with Gasteiger partial charge in [-0.05, 0) is 19.1 Å². The zero-order valence-electron chi connectivity index (χ0n) is 15.4. The summed E-state index contributed by atoms with van der Waals surface area (Å²) >= 11 is 0. The minimum Gasteiger partial charge on any atom is -0.363 e. The lowest BCUT2D eigenvalue weighted by molar-refractivity contribution is 1.04. The van der Waals surface area contributed by atoms with Crippen LogP contribution >= 0.6 is 0 Å². The van der Waals surface area contributed by atoms with Crippen LogP contribution in [0.3, 0.4) is 0 Å². The van der Waals surface area contributed by atoms with Gasteiger partial charge in [-0.15, -0.1) is 0 Å². The largest absolute Gasteiger partial charge is 0.363 e. The summed E-state index contributed by atoms with van der Waals surface area (Å²) < 4.78 is 0. The van der Waals surface area contributed by atoms with Crippen molar-refractivity contribution in [1.29, 1.82) is 0 Å². The van der Waals surface area contributed by atoms with E-state index >= 15 is 0 Å². The Morgan fingerprint density at radius 2 is 1.63 bits per heavy atom. The number of benzene rings is 1. The molecule has 0 saturated heterocycles. The Morgan fingerprint density at radius 3 is 2.37 bits per heavy atom. The number of hydrogen-bond acceptors (Lipinski definition) is 5. The fourth-order valence-electron chi connectivity index (χ4n) is 3.00. The van der Waals surface area contributed by atoms with Crippen molar-refractivity contribution in [3.63, 3.8) is 0 Å². The Bertz CT molecular complexity index is 1180. The number of aromatic amines is 1. The fraction of sp³-hybridized carbons (Fsp3) is 0.143. The Morgan fingerprint density at radius 1 is 0.889 bits per heavy atom. The maximum atomic E-state index is 12.3. The van der Waals surface area contributed by atoms with Crippen molar-refractivity contribution in [3.8, 4) is 22.5 Å². The van der Waals surface area contributed by atoms with Gasteiger partial charge in [0.05, 0.1) is 11.4 Å². The molecule has 134 valence electrons. The Labute approximate surface area is 156 Å². The standard InChI is InChI=1S/C21H19N5O/c1-13-11-15(12-17(23-13)26(2)3)19-18(14-7-5-4-6-8-14)25-21-20(24-19)16(27)9-10-22-21/h4-12H,1-3H3,(H,22,25,27). The van der Waals surface area contributed by atoms with Gasteiger partial charge in [-0.2, -0.15) is 0 Å². The first-order valence-electron chi connectivity index (χ1n) is 8.64. The molecule has 0 aliphatic rings. The molecule has 4 rings (SSSR count). The van der Waals surface area contributed by atoms with E-state index in [0.29, 0.717) is 16.9 Å². The van der Waals surface area contributed by atoms with Gasteiger partial charge >= 0.3 is 0 Å². The van der Waals surface area contributed by atoms with Crippen LogP contribution in [0.1, 0.15) is 5.69 Å². The van der Waals surface area contributed by atoms with Crippen molar-refractivity contribution >= 4 is 17.0 Å². The first kappa shape index (κ1) is 16.9. The molecule has 0 saturated carbocycles. The predicted octanol–water partition coefficient (Wildman–Crippen LogP) is 3.42. The van der Waals surface area contributed by atoms with E-state index in [0.717, 1.165) is 28.3 Å². The summed E-state index contributed by atoms with van der Waals surface area (Å²) in [5.74, 6) is 0.827. The number of nitrogens with zero attached hydrogens (tertiary/aromatic N) is 4. The number of H-pyrrole nitrogens is 1. The smallest absolute Gasteiger partial charge is 0.209 e. The summed E-state index contributed by atoms with van der Waals surface area (Å²) in [5, 5.41) is 0. The number of hydrogen-bond donors (Lipinski definition) is 1. The third kappa shape index (κ3) is 3.17. The van der Waals surface area contributed by atoms with Crippen LogP contribution in [0.2, 0.25) is 0 Å². The van der Waals surface area contributed by atoms with Crippen molar-refractivity contribution in [2.24, 2.45) is 0 Å². The van der Waals surface area contributed by atoms with Gasteiger partial charge in [-0.3, -0.25) is 4.79 Å². The van der Waals surface area contributed by atoms with Crippen molar-refractivity contribution in [2.75, 3.05) is 19.0 Å². The number of fused-ring (bicyclic) bond motifs is 1. The summed E-state index contributed by atoms with van der Waals surface area (Å²) in [6, 6.07) is 15.2. The van der Waals surface area contributed by atoms with Gasteiger partial charge in [-0.1, -0.05) is 30.3 Å². The molecule has 4 aromatic rings. The van der Waals surface area contributed by atoms with Crippen LogP contribution in [0.15, 0.2) is 59.5 Å². The van der Waals surface area contributed by atoms with Crippen molar-refractivity contribution in [2.45, 2.75) is 6.92 Å². The second-order valence-electron chi connectivity index (χ2n) is 6.58. The Kier molecular flexibility index (Phi) is 4.16. The summed E-state index contributed by atoms with van der Waals surface area (Å²) in [6.07, 6.45) is 1.59. The number of aromatic nitrogens is 4. The van der Waals surface area contributed by atoms with Gasteiger partial charge in [0.25, 0.3) is 0 Å². The lowest BCUT2D eigenvalue weighted by Crippen LogP contribution is -2.11. The third-order valence-corrected chi connectivity index (χ3v) is 4.30. The molecule has 27 heavy (non-hydrogen) atoms. The molecular formula is C21H19N5O.